The van der Waals surface area contributed by atoms with E-state index in [-0.39, 0.29) is 13.2 Å². The molecular formula is C5H12OS. The molecule has 1 nitrogen and oxygen atoms in total. The molecule has 7 heavy (non-hydrogen) atoms. The number of carbonyl (C=O) groups excluding carboxylic acids is 1. The highest BCUT2D eigenvalue weighted by atomic mass is 32.1. The first-order valence-corrected chi connectivity index (χ1v) is 2.51. The van der Waals surface area contributed by atoms with Gasteiger partial charge in [-0.3, -0.25) is 4.79 Å². The van der Waals surface area contributed by atoms with Gasteiger partial charge in [0.15, 0.2) is 0 Å². The number of thiol groups is 1. The monoisotopic (exact) mass is 120 g/mol. The van der Waals surface area contributed by atoms with Gasteiger partial charge in [-0.1, -0.05) is 7.43 Å². The molecule has 0 radical (unpaired) electrons. The molecule has 44 valence electrons. The van der Waals surface area contributed by atoms with Crippen molar-refractivity contribution in [2.75, 3.05) is 5.75 Å². The van der Waals surface area contributed by atoms with E-state index in [1.165, 1.54) is 0 Å². The van der Waals surface area contributed by atoms with E-state index in [1.807, 2.05) is 0 Å². The Balaban J connectivity index is 0. The summed E-state index contributed by atoms with van der Waals surface area (Å²) < 4.78 is 0. The molecule has 0 aliphatic carbocycles. The van der Waals surface area contributed by atoms with Crippen LogP contribution in [0.4, 0.5) is 0 Å². The lowest BCUT2D eigenvalue weighted by Gasteiger charge is -1.80. The van der Waals surface area contributed by atoms with Gasteiger partial charge in [-0.2, -0.15) is 12.6 Å². The minimum atomic E-state index is 0. The summed E-state index contributed by atoms with van der Waals surface area (Å²) in [5.74, 6) is 0.889. The predicted molar refractivity (Wildman–Crippen MR) is 35.9 cm³/mol. The van der Waals surface area contributed by atoms with Crippen molar-refractivity contribution in [3.05, 3.63) is 0 Å². The van der Waals surface area contributed by atoms with Gasteiger partial charge in [0.2, 0.25) is 0 Å². The molecule has 0 amide bonds. The average molecular weight is 120 g/mol. The minimum Gasteiger partial charge on any atom is -0.300 e. The van der Waals surface area contributed by atoms with E-state index in [0.717, 1.165) is 0 Å². The molecule has 0 aromatic heterocycles. The Morgan fingerprint density at radius 2 is 2.14 bits per heavy atom. The van der Waals surface area contributed by atoms with Gasteiger partial charge in [0.25, 0.3) is 0 Å². The van der Waals surface area contributed by atoms with Crippen LogP contribution in [-0.2, 0) is 4.79 Å². The summed E-state index contributed by atoms with van der Waals surface area (Å²) in [5, 5.41) is 0. The summed E-state index contributed by atoms with van der Waals surface area (Å²) in [5.41, 5.74) is 0. The van der Waals surface area contributed by atoms with E-state index in [9.17, 15) is 4.79 Å². The lowest BCUT2D eigenvalue weighted by atomic mass is 10.4. The Bertz CT molecular complexity index is 52.0. The molecular weight excluding hydrogens is 108 g/mol. The van der Waals surface area contributed by atoms with E-state index >= 15 is 0 Å². The van der Waals surface area contributed by atoms with Crippen molar-refractivity contribution >= 4 is 18.4 Å². The normalized spacial score (nSPS) is 7.14. The van der Waals surface area contributed by atoms with E-state index in [4.69, 9.17) is 0 Å². The molecule has 0 fully saturated rings. The molecule has 0 saturated carbocycles. The fourth-order valence-corrected chi connectivity index (χ4v) is 0.472. The third-order valence-electron chi connectivity index (χ3n) is 0.464. The molecule has 0 unspecified atom stereocenters. The molecule has 0 N–H and O–H groups in total. The molecule has 0 saturated heterocycles. The van der Waals surface area contributed by atoms with Crippen LogP contribution in [0, 0.1) is 0 Å². The summed E-state index contributed by atoms with van der Waals surface area (Å²) >= 11 is 3.84. The molecule has 0 bridgehead atoms. The van der Waals surface area contributed by atoms with E-state index in [0.29, 0.717) is 12.2 Å². The highest BCUT2D eigenvalue weighted by Gasteiger charge is 1.84. The SMILES string of the molecule is C.CC(=O)CCS. The van der Waals surface area contributed by atoms with Crippen molar-refractivity contribution in [1.82, 2.24) is 0 Å². The predicted octanol–water partition coefficient (Wildman–Crippen LogP) is 1.53. The van der Waals surface area contributed by atoms with Gasteiger partial charge >= 0.3 is 0 Å². The Morgan fingerprint density at radius 1 is 1.71 bits per heavy atom. The van der Waals surface area contributed by atoms with Crippen molar-refractivity contribution in [3.8, 4) is 0 Å². The third kappa shape index (κ3) is 10.7. The van der Waals surface area contributed by atoms with Crippen LogP contribution >= 0.6 is 12.6 Å². The maximum absolute atomic E-state index is 9.99. The average Bonchev–Trinajstić information content (AvgIpc) is 1.35. The maximum Gasteiger partial charge on any atom is 0.130 e. The zero-order valence-electron chi connectivity index (χ0n) is 3.77. The van der Waals surface area contributed by atoms with Gasteiger partial charge in [-0.25, -0.2) is 0 Å². The second-order valence-electron chi connectivity index (χ2n) is 1.18. The highest BCUT2D eigenvalue weighted by Crippen LogP contribution is 1.82. The fourth-order valence-electron chi connectivity index (χ4n) is 0.157. The van der Waals surface area contributed by atoms with Crippen LogP contribution in [0.5, 0.6) is 0 Å². The Hall–Kier alpha value is 0.0200. The van der Waals surface area contributed by atoms with Crippen molar-refractivity contribution < 1.29 is 4.79 Å². The second-order valence-corrected chi connectivity index (χ2v) is 1.62. The number of carbonyl (C=O) groups is 1. The molecule has 2 heteroatoms. The van der Waals surface area contributed by atoms with Gasteiger partial charge < -0.3 is 0 Å². The molecule has 0 aromatic rings. The highest BCUT2D eigenvalue weighted by molar-refractivity contribution is 7.80. The van der Waals surface area contributed by atoms with Crippen LogP contribution in [0.3, 0.4) is 0 Å². The molecule has 0 atom stereocenters. The quantitative estimate of drug-likeness (QED) is 0.547. The molecule has 0 rings (SSSR count). The van der Waals surface area contributed by atoms with Crippen molar-refractivity contribution in [2.45, 2.75) is 20.8 Å². The molecule has 0 aromatic carbocycles. The van der Waals surface area contributed by atoms with Crippen molar-refractivity contribution in [1.29, 1.82) is 0 Å². The summed E-state index contributed by atoms with van der Waals surface area (Å²) in [6.07, 6.45) is 0.600. The molecule has 0 heterocycles. The van der Waals surface area contributed by atoms with E-state index in [2.05, 4.69) is 12.6 Å². The fraction of sp³-hybridized carbons (Fsp3) is 0.800. The van der Waals surface area contributed by atoms with Crippen LogP contribution in [0.15, 0.2) is 0 Å². The van der Waals surface area contributed by atoms with Crippen molar-refractivity contribution in [3.63, 3.8) is 0 Å². The van der Waals surface area contributed by atoms with Gasteiger partial charge in [-0.05, 0) is 12.7 Å². The van der Waals surface area contributed by atoms with Crippen LogP contribution in [-0.4, -0.2) is 11.5 Å². The van der Waals surface area contributed by atoms with Gasteiger partial charge in [0.1, 0.15) is 5.78 Å². The first-order chi connectivity index (χ1) is 2.77. The first kappa shape index (κ1) is 10.1. The van der Waals surface area contributed by atoms with E-state index < -0.39 is 0 Å². The molecule has 0 spiro atoms. The second kappa shape index (κ2) is 6.02. The number of rotatable bonds is 2. The summed E-state index contributed by atoms with van der Waals surface area (Å²) in [6.45, 7) is 1.57. The largest absolute Gasteiger partial charge is 0.300 e. The minimum absolute atomic E-state index is 0. The Labute approximate surface area is 50.5 Å². The van der Waals surface area contributed by atoms with Crippen LogP contribution in [0.25, 0.3) is 0 Å². The van der Waals surface area contributed by atoms with Gasteiger partial charge in [-0.15, -0.1) is 0 Å². The molecule has 0 aliphatic heterocycles. The topological polar surface area (TPSA) is 17.1 Å². The number of hydrogen-bond acceptors (Lipinski definition) is 2. The van der Waals surface area contributed by atoms with Gasteiger partial charge in [0, 0.05) is 6.42 Å². The summed E-state index contributed by atoms with van der Waals surface area (Å²) in [7, 11) is 0. The zero-order chi connectivity index (χ0) is 4.99. The van der Waals surface area contributed by atoms with Gasteiger partial charge in [0.05, 0.1) is 0 Å². The van der Waals surface area contributed by atoms with Crippen LogP contribution in [0.1, 0.15) is 20.8 Å². The Morgan fingerprint density at radius 3 is 2.14 bits per heavy atom. The smallest absolute Gasteiger partial charge is 0.130 e. The third-order valence-corrected chi connectivity index (χ3v) is 0.687. The Kier molecular flexibility index (Phi) is 8.68. The first-order valence-electron chi connectivity index (χ1n) is 1.87. The van der Waals surface area contributed by atoms with E-state index in [1.54, 1.807) is 6.92 Å². The van der Waals surface area contributed by atoms with Crippen LogP contribution < -0.4 is 0 Å². The standard InChI is InChI=1S/C4H8OS.CH4/c1-4(5)2-3-6;/h6H,2-3H2,1H3;1H4. The lowest BCUT2D eigenvalue weighted by Crippen LogP contribution is -1.87. The van der Waals surface area contributed by atoms with Crippen LogP contribution in [0.2, 0.25) is 0 Å². The zero-order valence-corrected chi connectivity index (χ0v) is 4.66. The summed E-state index contributed by atoms with van der Waals surface area (Å²) in [6, 6.07) is 0. The lowest BCUT2D eigenvalue weighted by molar-refractivity contribution is -0.116. The summed E-state index contributed by atoms with van der Waals surface area (Å²) in [4.78, 5) is 9.99. The van der Waals surface area contributed by atoms with Crippen molar-refractivity contribution in [2.24, 2.45) is 0 Å². The number of Topliss-reactive ketones (excluding diaryl/α,β-unsaturated/α-hetero) is 1. The molecule has 0 aliphatic rings. The number of hydrogen-bond donors (Lipinski definition) is 1. The number of ketones is 1. The maximum atomic E-state index is 9.99.